The molecule has 0 N–H and O–H groups in total. The molecule has 0 amide bonds. The molecule has 3 aromatic carbocycles. The van der Waals surface area contributed by atoms with Crippen LogP contribution in [0.5, 0.6) is 0 Å². The van der Waals surface area contributed by atoms with Crippen LogP contribution in [0.4, 0.5) is 11.4 Å². The normalized spacial score (nSPS) is 11.1. The minimum Gasteiger partial charge on any atom is -0.378 e. The second-order valence-corrected chi connectivity index (χ2v) is 8.22. The average Bonchev–Trinajstić information content (AvgIpc) is 2.77. The lowest BCUT2D eigenvalue weighted by Gasteiger charge is -2.21. The van der Waals surface area contributed by atoms with E-state index in [4.69, 9.17) is 4.98 Å². The van der Waals surface area contributed by atoms with Crippen molar-refractivity contribution in [3.63, 3.8) is 0 Å². The standard InChI is InChI=1S/C27H29N3/c1-29(2)24-15-10-20(11-16-24)26(21-12-17-25(18-13-21)30(3)4)19-23-14-9-22-7-5-6-8-27(22)28-23/h5-18,26H,19H2,1-4H3. The van der Waals surface area contributed by atoms with Crippen molar-refractivity contribution in [3.8, 4) is 0 Å². The topological polar surface area (TPSA) is 19.4 Å². The molecule has 0 aliphatic heterocycles. The Morgan fingerprint density at radius 1 is 0.633 bits per heavy atom. The quantitative estimate of drug-likeness (QED) is 0.415. The molecule has 0 aliphatic rings. The van der Waals surface area contributed by atoms with E-state index in [0.29, 0.717) is 0 Å². The zero-order valence-corrected chi connectivity index (χ0v) is 18.2. The van der Waals surface area contributed by atoms with Crippen LogP contribution in [0.3, 0.4) is 0 Å². The fourth-order valence-electron chi connectivity index (χ4n) is 3.87. The number of pyridine rings is 1. The highest BCUT2D eigenvalue weighted by molar-refractivity contribution is 5.78. The van der Waals surface area contributed by atoms with Crippen LogP contribution in [0.15, 0.2) is 84.9 Å². The summed E-state index contributed by atoms with van der Waals surface area (Å²) in [7, 11) is 8.30. The molecule has 30 heavy (non-hydrogen) atoms. The van der Waals surface area contributed by atoms with Gasteiger partial charge in [0.05, 0.1) is 5.52 Å². The highest BCUT2D eigenvalue weighted by Crippen LogP contribution is 2.31. The molecular weight excluding hydrogens is 366 g/mol. The smallest absolute Gasteiger partial charge is 0.0705 e. The second kappa shape index (κ2) is 8.58. The van der Waals surface area contributed by atoms with E-state index < -0.39 is 0 Å². The van der Waals surface area contributed by atoms with E-state index >= 15 is 0 Å². The Morgan fingerprint density at radius 3 is 1.70 bits per heavy atom. The van der Waals surface area contributed by atoms with Crippen LogP contribution >= 0.6 is 0 Å². The van der Waals surface area contributed by atoms with Crippen molar-refractivity contribution in [1.82, 2.24) is 4.98 Å². The minimum atomic E-state index is 0.256. The summed E-state index contributed by atoms with van der Waals surface area (Å²) in [6.45, 7) is 0. The van der Waals surface area contributed by atoms with E-state index in [2.05, 4.69) is 123 Å². The van der Waals surface area contributed by atoms with Gasteiger partial charge in [0.2, 0.25) is 0 Å². The molecule has 152 valence electrons. The number of benzene rings is 3. The molecule has 0 fully saturated rings. The summed E-state index contributed by atoms with van der Waals surface area (Å²) >= 11 is 0. The minimum absolute atomic E-state index is 0.256. The first kappa shape index (κ1) is 20.0. The maximum atomic E-state index is 4.94. The predicted molar refractivity (Wildman–Crippen MR) is 129 cm³/mol. The molecule has 3 heteroatoms. The van der Waals surface area contributed by atoms with Gasteiger partial charge in [-0.25, -0.2) is 0 Å². The highest BCUT2D eigenvalue weighted by Gasteiger charge is 2.17. The van der Waals surface area contributed by atoms with Crippen LogP contribution in [-0.4, -0.2) is 33.2 Å². The number of hydrogen-bond acceptors (Lipinski definition) is 3. The highest BCUT2D eigenvalue weighted by atomic mass is 15.1. The van der Waals surface area contributed by atoms with E-state index in [9.17, 15) is 0 Å². The second-order valence-electron chi connectivity index (χ2n) is 8.22. The number of rotatable bonds is 6. The van der Waals surface area contributed by atoms with Gasteiger partial charge in [0.15, 0.2) is 0 Å². The van der Waals surface area contributed by atoms with Crippen LogP contribution in [-0.2, 0) is 6.42 Å². The predicted octanol–water partition coefficient (Wildman–Crippen LogP) is 5.74. The van der Waals surface area contributed by atoms with Gasteiger partial charge in [-0.05, 0) is 47.5 Å². The first-order chi connectivity index (χ1) is 14.5. The van der Waals surface area contributed by atoms with Gasteiger partial charge < -0.3 is 9.80 Å². The molecule has 4 rings (SSSR count). The zero-order chi connectivity index (χ0) is 21.1. The number of aromatic nitrogens is 1. The molecule has 0 saturated carbocycles. The Labute approximate surface area is 179 Å². The van der Waals surface area contributed by atoms with Gasteiger partial charge in [0.25, 0.3) is 0 Å². The number of anilines is 2. The molecule has 0 unspecified atom stereocenters. The van der Waals surface area contributed by atoms with Gasteiger partial charge >= 0.3 is 0 Å². The lowest BCUT2D eigenvalue weighted by atomic mass is 9.87. The maximum Gasteiger partial charge on any atom is 0.0705 e. The fraction of sp³-hybridized carbons (Fsp3) is 0.222. The molecule has 1 heterocycles. The monoisotopic (exact) mass is 395 g/mol. The van der Waals surface area contributed by atoms with Gasteiger partial charge in [-0.1, -0.05) is 48.5 Å². The maximum absolute atomic E-state index is 4.94. The van der Waals surface area contributed by atoms with Crippen LogP contribution < -0.4 is 9.80 Å². The van der Waals surface area contributed by atoms with Crippen LogP contribution in [0.1, 0.15) is 22.7 Å². The summed E-state index contributed by atoms with van der Waals surface area (Å²) < 4.78 is 0. The van der Waals surface area contributed by atoms with Crippen molar-refractivity contribution in [3.05, 3.63) is 102 Å². The third-order valence-electron chi connectivity index (χ3n) is 5.69. The number of nitrogens with zero attached hydrogens (tertiary/aromatic N) is 3. The first-order valence-corrected chi connectivity index (χ1v) is 10.4. The van der Waals surface area contributed by atoms with Crippen molar-refractivity contribution in [1.29, 1.82) is 0 Å². The summed E-state index contributed by atoms with van der Waals surface area (Å²) in [4.78, 5) is 9.21. The lowest BCUT2D eigenvalue weighted by Crippen LogP contribution is -2.11. The summed E-state index contributed by atoms with van der Waals surface area (Å²) in [5.74, 6) is 0.256. The summed E-state index contributed by atoms with van der Waals surface area (Å²) in [6, 6.07) is 30.5. The van der Waals surface area contributed by atoms with E-state index in [1.54, 1.807) is 0 Å². The molecule has 0 bridgehead atoms. The van der Waals surface area contributed by atoms with E-state index in [-0.39, 0.29) is 5.92 Å². The lowest BCUT2D eigenvalue weighted by molar-refractivity contribution is 0.786. The SMILES string of the molecule is CN(C)c1ccc(C(Cc2ccc3ccccc3n2)c2ccc(N(C)C)cc2)cc1. The van der Waals surface area contributed by atoms with Gasteiger partial charge in [-0.2, -0.15) is 0 Å². The Hall–Kier alpha value is -3.33. The number of para-hydroxylation sites is 1. The number of hydrogen-bond donors (Lipinski definition) is 0. The molecule has 0 saturated heterocycles. The Morgan fingerprint density at radius 2 is 1.17 bits per heavy atom. The van der Waals surface area contributed by atoms with Crippen LogP contribution in [0, 0.1) is 0 Å². The molecule has 0 spiro atoms. The third-order valence-corrected chi connectivity index (χ3v) is 5.69. The Bertz CT molecular complexity index is 1060. The molecular formula is C27H29N3. The Kier molecular flexibility index (Phi) is 5.71. The number of fused-ring (bicyclic) bond motifs is 1. The fourth-order valence-corrected chi connectivity index (χ4v) is 3.87. The molecule has 1 aromatic heterocycles. The summed E-state index contributed by atoms with van der Waals surface area (Å²) in [5.41, 5.74) is 7.22. The largest absolute Gasteiger partial charge is 0.378 e. The van der Waals surface area contributed by atoms with Crippen molar-refractivity contribution in [2.75, 3.05) is 38.0 Å². The summed E-state index contributed by atoms with van der Waals surface area (Å²) in [6.07, 6.45) is 0.869. The Balaban J connectivity index is 1.71. The van der Waals surface area contributed by atoms with E-state index in [1.807, 2.05) is 0 Å². The van der Waals surface area contributed by atoms with Crippen molar-refractivity contribution in [2.24, 2.45) is 0 Å². The van der Waals surface area contributed by atoms with E-state index in [1.165, 1.54) is 27.9 Å². The van der Waals surface area contributed by atoms with Gasteiger partial charge in [-0.3, -0.25) is 4.98 Å². The van der Waals surface area contributed by atoms with Crippen molar-refractivity contribution in [2.45, 2.75) is 12.3 Å². The van der Waals surface area contributed by atoms with Crippen molar-refractivity contribution >= 4 is 22.3 Å². The molecule has 3 nitrogen and oxygen atoms in total. The van der Waals surface area contributed by atoms with Gasteiger partial charge in [-0.15, -0.1) is 0 Å². The van der Waals surface area contributed by atoms with Crippen LogP contribution in [0.25, 0.3) is 10.9 Å². The van der Waals surface area contributed by atoms with Gasteiger partial charge in [0.1, 0.15) is 0 Å². The third kappa shape index (κ3) is 4.30. The van der Waals surface area contributed by atoms with Crippen molar-refractivity contribution < 1.29 is 0 Å². The average molecular weight is 396 g/mol. The first-order valence-electron chi connectivity index (χ1n) is 10.4. The van der Waals surface area contributed by atoms with E-state index in [0.717, 1.165) is 17.6 Å². The molecule has 0 aliphatic carbocycles. The molecule has 4 aromatic rings. The van der Waals surface area contributed by atoms with Crippen LogP contribution in [0.2, 0.25) is 0 Å². The summed E-state index contributed by atoms with van der Waals surface area (Å²) in [5, 5.41) is 1.18. The molecule has 0 radical (unpaired) electrons. The zero-order valence-electron chi connectivity index (χ0n) is 18.2. The van der Waals surface area contributed by atoms with Gasteiger partial charge in [0, 0.05) is 63.0 Å². The molecule has 0 atom stereocenters.